The van der Waals surface area contributed by atoms with E-state index in [1.165, 1.54) is 12.1 Å². The van der Waals surface area contributed by atoms with E-state index in [9.17, 15) is 9.18 Å². The summed E-state index contributed by atoms with van der Waals surface area (Å²) in [6, 6.07) is 16.4. The second-order valence-corrected chi connectivity index (χ2v) is 10.2. The van der Waals surface area contributed by atoms with Gasteiger partial charge in [0.2, 0.25) is 5.91 Å². The third kappa shape index (κ3) is 6.10. The lowest BCUT2D eigenvalue weighted by molar-refractivity contribution is -0.122. The van der Waals surface area contributed by atoms with Gasteiger partial charge >= 0.3 is 0 Å². The molecule has 0 radical (unpaired) electrons. The van der Waals surface area contributed by atoms with Crippen LogP contribution < -0.4 is 10.6 Å². The fourth-order valence-electron chi connectivity index (χ4n) is 4.80. The second-order valence-electron chi connectivity index (χ2n) is 9.10. The highest BCUT2D eigenvalue weighted by Crippen LogP contribution is 2.32. The van der Waals surface area contributed by atoms with Gasteiger partial charge in [0.05, 0.1) is 23.2 Å². The third-order valence-electron chi connectivity index (χ3n) is 6.74. The van der Waals surface area contributed by atoms with Crippen molar-refractivity contribution in [2.24, 2.45) is 0 Å². The zero-order valence-electron chi connectivity index (χ0n) is 20.1. The molecule has 1 aromatic carbocycles. The number of nitrogens with zero attached hydrogens (tertiary/aromatic N) is 4. The molecule has 2 unspecified atom stereocenters. The Hall–Kier alpha value is -2.85. The molecule has 7 nitrogen and oxygen atoms in total. The number of aromatic nitrogens is 2. The Morgan fingerprint density at radius 3 is 2.64 bits per heavy atom. The second kappa shape index (κ2) is 11.9. The van der Waals surface area contributed by atoms with E-state index in [0.29, 0.717) is 6.54 Å². The lowest BCUT2D eigenvalue weighted by Gasteiger charge is -2.39. The van der Waals surface area contributed by atoms with Crippen LogP contribution in [0.2, 0.25) is 0 Å². The van der Waals surface area contributed by atoms with Gasteiger partial charge < -0.3 is 5.32 Å². The van der Waals surface area contributed by atoms with Crippen molar-refractivity contribution < 1.29 is 9.18 Å². The molecule has 3 aromatic rings. The number of carbonyl (C=O) groups is 1. The molecule has 0 bridgehead atoms. The topological polar surface area (TPSA) is 73.4 Å². The largest absolute Gasteiger partial charge is 0.353 e. The van der Waals surface area contributed by atoms with Crippen LogP contribution in [-0.4, -0.2) is 76.7 Å². The van der Waals surface area contributed by atoms with Crippen LogP contribution in [0.4, 0.5) is 4.39 Å². The van der Waals surface area contributed by atoms with Crippen LogP contribution in [0.1, 0.15) is 28.2 Å². The number of hydrogen-bond acceptors (Lipinski definition) is 7. The van der Waals surface area contributed by atoms with Gasteiger partial charge in [-0.2, -0.15) is 0 Å². The minimum atomic E-state index is -0.232. The summed E-state index contributed by atoms with van der Waals surface area (Å²) in [5, 5.41) is 6.62. The highest BCUT2D eigenvalue weighted by Gasteiger charge is 2.31. The monoisotopic (exact) mass is 506 g/mol. The predicted octanol–water partition coefficient (Wildman–Crippen LogP) is 2.84. The average Bonchev–Trinajstić information content (AvgIpc) is 3.43. The maximum atomic E-state index is 13.5. The predicted molar refractivity (Wildman–Crippen MR) is 140 cm³/mol. The van der Waals surface area contributed by atoms with E-state index in [-0.39, 0.29) is 29.2 Å². The Morgan fingerprint density at radius 2 is 1.92 bits per heavy atom. The maximum absolute atomic E-state index is 13.5. The summed E-state index contributed by atoms with van der Waals surface area (Å²) in [6.45, 7) is 5.00. The van der Waals surface area contributed by atoms with Crippen molar-refractivity contribution in [1.82, 2.24) is 30.4 Å². The van der Waals surface area contributed by atoms with Crippen LogP contribution in [-0.2, 0) is 4.79 Å². The molecule has 5 rings (SSSR count). The molecule has 36 heavy (non-hydrogen) atoms. The number of carbonyl (C=O) groups excluding carboxylic acids is 1. The van der Waals surface area contributed by atoms with E-state index in [4.69, 9.17) is 0 Å². The van der Waals surface area contributed by atoms with Gasteiger partial charge in [0.25, 0.3) is 0 Å². The summed E-state index contributed by atoms with van der Waals surface area (Å²) in [7, 11) is 0. The average molecular weight is 507 g/mol. The number of thioether (sulfide) groups is 1. The summed E-state index contributed by atoms with van der Waals surface area (Å²) < 4.78 is 13.5. The Morgan fingerprint density at radius 1 is 1.08 bits per heavy atom. The zero-order chi connectivity index (χ0) is 24.7. The fraction of sp³-hybridized carbons (Fsp3) is 0.370. The van der Waals surface area contributed by atoms with E-state index >= 15 is 0 Å². The van der Waals surface area contributed by atoms with Crippen LogP contribution >= 0.6 is 11.8 Å². The Balaban J connectivity index is 1.10. The lowest BCUT2D eigenvalue weighted by Crippen LogP contribution is -2.50. The molecule has 3 atom stereocenters. The Kier molecular flexibility index (Phi) is 8.22. The molecule has 0 aliphatic carbocycles. The quantitative estimate of drug-likeness (QED) is 0.487. The molecule has 2 aliphatic rings. The van der Waals surface area contributed by atoms with Gasteiger partial charge in [0, 0.05) is 63.6 Å². The fourth-order valence-corrected chi connectivity index (χ4v) is 6.03. The van der Waals surface area contributed by atoms with Crippen molar-refractivity contribution >= 4 is 17.7 Å². The molecule has 2 aliphatic heterocycles. The van der Waals surface area contributed by atoms with Crippen LogP contribution in [0.5, 0.6) is 0 Å². The van der Waals surface area contributed by atoms with Gasteiger partial charge in [-0.1, -0.05) is 24.3 Å². The number of piperazine rings is 1. The van der Waals surface area contributed by atoms with Gasteiger partial charge in [0.15, 0.2) is 0 Å². The lowest BCUT2D eigenvalue weighted by atomic mass is 10.0. The Labute approximate surface area is 215 Å². The smallest absolute Gasteiger partial charge is 0.238 e. The van der Waals surface area contributed by atoms with Crippen molar-refractivity contribution in [1.29, 1.82) is 0 Å². The molecule has 0 spiro atoms. The first-order valence-corrected chi connectivity index (χ1v) is 13.4. The number of rotatable bonds is 8. The highest BCUT2D eigenvalue weighted by atomic mass is 32.2. The molecule has 2 saturated heterocycles. The molecule has 4 heterocycles. The summed E-state index contributed by atoms with van der Waals surface area (Å²) >= 11 is 1.74. The van der Waals surface area contributed by atoms with E-state index in [2.05, 4.69) is 30.4 Å². The number of hydrogen-bond donors (Lipinski definition) is 2. The summed E-state index contributed by atoms with van der Waals surface area (Å²) in [6.07, 6.45) is 5.41. The van der Waals surface area contributed by atoms with Crippen LogP contribution in [0.15, 0.2) is 73.2 Å². The molecule has 2 fully saturated rings. The summed E-state index contributed by atoms with van der Waals surface area (Å²) in [4.78, 5) is 26.2. The van der Waals surface area contributed by atoms with Gasteiger partial charge in [-0.05, 0) is 41.5 Å². The van der Waals surface area contributed by atoms with Crippen LogP contribution in [0, 0.1) is 5.82 Å². The first kappa shape index (κ1) is 24.8. The molecule has 1 amide bonds. The van der Waals surface area contributed by atoms with Crippen LogP contribution in [0.25, 0.3) is 0 Å². The summed E-state index contributed by atoms with van der Waals surface area (Å²) in [5.74, 6) is 0.575. The van der Waals surface area contributed by atoms with E-state index in [0.717, 1.165) is 55.3 Å². The molecule has 188 valence electrons. The number of nitrogens with one attached hydrogen (secondary N) is 2. The van der Waals surface area contributed by atoms with Crippen molar-refractivity contribution in [2.75, 3.05) is 45.0 Å². The molecule has 2 N–H and O–H groups in total. The molecule has 0 saturated carbocycles. The summed E-state index contributed by atoms with van der Waals surface area (Å²) in [5.41, 5.74) is 3.11. The van der Waals surface area contributed by atoms with E-state index in [1.807, 2.05) is 48.7 Å². The Bertz CT molecular complexity index is 1110. The standard InChI is InChI=1S/C27H31FN6OS/c28-22-8-6-20(7-9-22)25(23-5-1-2-11-30-23)34-16-14-33(15-17-34)13-12-31-26(35)24-19-36-27(32-24)21-4-3-10-29-18-21/h1-11,18,24-25,27,32H,12-17,19H2,(H,31,35)/t24-,25?,27?/m0/s1. The normalized spacial score (nSPS) is 21.8. The minimum absolute atomic E-state index is 0.00708. The molecule has 9 heteroatoms. The first-order valence-electron chi connectivity index (χ1n) is 12.4. The molecular formula is C27H31FN6OS. The van der Waals surface area contributed by atoms with Crippen molar-refractivity contribution in [3.63, 3.8) is 0 Å². The van der Waals surface area contributed by atoms with Crippen LogP contribution in [0.3, 0.4) is 0 Å². The van der Waals surface area contributed by atoms with Gasteiger partial charge in [-0.15, -0.1) is 11.8 Å². The van der Waals surface area contributed by atoms with Crippen molar-refractivity contribution in [3.8, 4) is 0 Å². The van der Waals surface area contributed by atoms with Gasteiger partial charge in [-0.25, -0.2) is 4.39 Å². The van der Waals surface area contributed by atoms with E-state index in [1.54, 1.807) is 24.2 Å². The number of benzene rings is 1. The molecular weight excluding hydrogens is 475 g/mol. The van der Waals surface area contributed by atoms with Crippen molar-refractivity contribution in [2.45, 2.75) is 17.5 Å². The highest BCUT2D eigenvalue weighted by molar-refractivity contribution is 7.99. The number of pyridine rings is 2. The van der Waals surface area contributed by atoms with Gasteiger partial charge in [-0.3, -0.25) is 29.9 Å². The van der Waals surface area contributed by atoms with E-state index < -0.39 is 0 Å². The number of amides is 1. The zero-order valence-corrected chi connectivity index (χ0v) is 20.9. The number of halogens is 1. The molecule has 2 aromatic heterocycles. The first-order chi connectivity index (χ1) is 17.7. The van der Waals surface area contributed by atoms with Gasteiger partial charge in [0.1, 0.15) is 5.82 Å². The third-order valence-corrected chi connectivity index (χ3v) is 8.01. The van der Waals surface area contributed by atoms with Crippen molar-refractivity contribution in [3.05, 3.63) is 95.8 Å². The minimum Gasteiger partial charge on any atom is -0.353 e. The maximum Gasteiger partial charge on any atom is 0.238 e. The SMILES string of the molecule is O=C(NCCN1CCN(C(c2ccc(F)cc2)c2ccccn2)CC1)[C@@H]1CSC(c2cccnc2)N1.